The van der Waals surface area contributed by atoms with E-state index in [4.69, 9.17) is 0 Å². The number of carboxylic acid groups (broad SMARTS) is 1. The van der Waals surface area contributed by atoms with Gasteiger partial charge in [-0.05, 0) is 34.9 Å². The van der Waals surface area contributed by atoms with Crippen LogP contribution in [-0.2, 0) is 4.79 Å². The van der Waals surface area contributed by atoms with E-state index in [9.17, 15) is 19.5 Å². The van der Waals surface area contributed by atoms with Crippen LogP contribution in [0.4, 0.5) is 0 Å². The molecule has 1 atom stereocenters. The highest BCUT2D eigenvalue weighted by atomic mass is 16.4. The Morgan fingerprint density at radius 3 is 2.11 bits per heavy atom. The Morgan fingerprint density at radius 1 is 0.889 bits per heavy atom. The fraction of sp³-hybridized carbons (Fsp3) is 0.265. The number of H-pyrrole nitrogens is 1. The Balaban J connectivity index is 1.29. The molecular formula is C34H35N7O4. The van der Waals surface area contributed by atoms with E-state index < -0.39 is 17.9 Å². The van der Waals surface area contributed by atoms with E-state index in [0.717, 1.165) is 26.9 Å². The predicted molar refractivity (Wildman–Crippen MR) is 169 cm³/mol. The number of hydrogen-bond donors (Lipinski definition) is 2. The van der Waals surface area contributed by atoms with Gasteiger partial charge < -0.3 is 15.0 Å². The summed E-state index contributed by atoms with van der Waals surface area (Å²) in [6.45, 7) is 4.07. The van der Waals surface area contributed by atoms with Crippen LogP contribution in [0.5, 0.6) is 0 Å². The predicted octanol–water partition coefficient (Wildman–Crippen LogP) is 4.34. The smallest absolute Gasteiger partial charge is 0.358 e. The van der Waals surface area contributed by atoms with Crippen LogP contribution < -0.4 is 5.01 Å². The minimum Gasteiger partial charge on any atom is -0.476 e. The highest BCUT2D eigenvalue weighted by molar-refractivity contribution is 6.07. The molecule has 1 aliphatic rings. The second-order valence-corrected chi connectivity index (χ2v) is 11.1. The zero-order valence-electron chi connectivity index (χ0n) is 25.0. The van der Waals surface area contributed by atoms with Crippen LogP contribution in [0.15, 0.2) is 97.2 Å². The van der Waals surface area contributed by atoms with Crippen LogP contribution in [0.1, 0.15) is 57.9 Å². The van der Waals surface area contributed by atoms with E-state index in [-0.39, 0.29) is 23.3 Å². The molecule has 2 amide bonds. The quantitative estimate of drug-likeness (QED) is 0.243. The second-order valence-electron chi connectivity index (χ2n) is 11.1. The molecule has 0 spiro atoms. The van der Waals surface area contributed by atoms with Gasteiger partial charge in [-0.1, -0.05) is 92.2 Å². The maximum atomic E-state index is 14.3. The van der Waals surface area contributed by atoms with Gasteiger partial charge in [-0.25, -0.2) is 9.80 Å². The fourth-order valence-corrected chi connectivity index (χ4v) is 6.12. The number of piperazine rings is 1. The Hall–Kier alpha value is -5.29. The first-order valence-corrected chi connectivity index (χ1v) is 15.1. The van der Waals surface area contributed by atoms with E-state index in [1.807, 2.05) is 67.6 Å². The van der Waals surface area contributed by atoms with Gasteiger partial charge in [0.25, 0.3) is 5.91 Å². The van der Waals surface area contributed by atoms with Crippen molar-refractivity contribution < 1.29 is 19.5 Å². The number of amides is 2. The lowest BCUT2D eigenvalue weighted by Gasteiger charge is -2.41. The molecule has 1 aliphatic heterocycles. The van der Waals surface area contributed by atoms with Crippen LogP contribution in [0.2, 0.25) is 0 Å². The summed E-state index contributed by atoms with van der Waals surface area (Å²) in [4.78, 5) is 48.8. The van der Waals surface area contributed by atoms with Crippen molar-refractivity contribution in [2.45, 2.75) is 31.8 Å². The molecule has 230 valence electrons. The van der Waals surface area contributed by atoms with Gasteiger partial charge in [0.05, 0.1) is 12.2 Å². The standard InChI is InChI=1S/C34H35N7O4/c1-2-11-29(40(41-30(34(44)45)23-35-37-41)32(42)28-22-26-16-9-10-17-27(26)36-28)33(43)39-20-18-38(19-21-39)31(24-12-5-3-6-13-24)25-14-7-4-8-15-25/h3-10,12-17,22-23,29,31,36H,2,11,18-21H2,1H3,(H,44,45)/t29-/m0/s1. The first kappa shape index (κ1) is 29.8. The van der Waals surface area contributed by atoms with Crippen molar-refractivity contribution in [1.82, 2.24) is 29.9 Å². The number of fused-ring (bicyclic) bond motifs is 1. The molecule has 2 aromatic heterocycles. The number of carbonyl (C=O) groups is 3. The number of carbonyl (C=O) groups excluding carboxylic acids is 2. The average molecular weight is 606 g/mol. The first-order chi connectivity index (χ1) is 22.0. The van der Waals surface area contributed by atoms with Crippen LogP contribution in [0.3, 0.4) is 0 Å². The van der Waals surface area contributed by atoms with Crippen molar-refractivity contribution >= 4 is 28.7 Å². The summed E-state index contributed by atoms with van der Waals surface area (Å²) in [6, 6.07) is 28.8. The van der Waals surface area contributed by atoms with Crippen molar-refractivity contribution in [1.29, 1.82) is 0 Å². The second kappa shape index (κ2) is 13.1. The fourth-order valence-electron chi connectivity index (χ4n) is 6.12. The third-order valence-electron chi connectivity index (χ3n) is 8.29. The minimum absolute atomic E-state index is 0.0319. The summed E-state index contributed by atoms with van der Waals surface area (Å²) in [7, 11) is 0. The first-order valence-electron chi connectivity index (χ1n) is 15.1. The third kappa shape index (κ3) is 6.07. The Kier molecular flexibility index (Phi) is 8.70. The zero-order chi connectivity index (χ0) is 31.3. The molecule has 11 heteroatoms. The van der Waals surface area contributed by atoms with Crippen molar-refractivity contribution in [3.63, 3.8) is 0 Å². The van der Waals surface area contributed by atoms with E-state index in [0.29, 0.717) is 39.0 Å². The van der Waals surface area contributed by atoms with E-state index in [1.165, 1.54) is 11.1 Å². The maximum Gasteiger partial charge on any atom is 0.358 e. The third-order valence-corrected chi connectivity index (χ3v) is 8.29. The lowest BCUT2D eigenvalue weighted by atomic mass is 9.96. The summed E-state index contributed by atoms with van der Waals surface area (Å²) >= 11 is 0. The van der Waals surface area contributed by atoms with Crippen LogP contribution in [0.25, 0.3) is 10.9 Å². The van der Waals surface area contributed by atoms with Gasteiger partial charge in [-0.3, -0.25) is 14.5 Å². The number of aromatic amines is 1. The van der Waals surface area contributed by atoms with Crippen LogP contribution in [-0.4, -0.2) is 85.0 Å². The Morgan fingerprint density at radius 2 is 1.51 bits per heavy atom. The summed E-state index contributed by atoms with van der Waals surface area (Å²) in [5.74, 6) is -2.14. The molecule has 0 bridgehead atoms. The molecule has 0 saturated carbocycles. The largest absolute Gasteiger partial charge is 0.476 e. The molecule has 1 fully saturated rings. The molecule has 3 heterocycles. The molecule has 5 aromatic rings. The van der Waals surface area contributed by atoms with Crippen LogP contribution >= 0.6 is 0 Å². The lowest BCUT2D eigenvalue weighted by molar-refractivity contribution is -0.135. The minimum atomic E-state index is -1.31. The normalized spacial score (nSPS) is 14.5. The van der Waals surface area contributed by atoms with Crippen LogP contribution in [0, 0.1) is 0 Å². The van der Waals surface area contributed by atoms with Gasteiger partial charge >= 0.3 is 5.97 Å². The van der Waals surface area contributed by atoms with E-state index in [1.54, 1.807) is 11.0 Å². The number of nitrogens with one attached hydrogen (secondary N) is 1. The number of aromatic carboxylic acids is 1. The lowest BCUT2D eigenvalue weighted by Crippen LogP contribution is -2.60. The highest BCUT2D eigenvalue weighted by Crippen LogP contribution is 2.30. The SMILES string of the molecule is CCC[C@@H](C(=O)N1CCN(C(c2ccccc2)c2ccccc2)CC1)N(C(=O)c1cc2ccccc2[nH]1)n1nncc1C(=O)O. The molecule has 2 N–H and O–H groups in total. The zero-order valence-corrected chi connectivity index (χ0v) is 25.0. The molecule has 6 rings (SSSR count). The van der Waals surface area contributed by atoms with Gasteiger partial charge in [0, 0.05) is 37.1 Å². The number of hydrogen-bond acceptors (Lipinski definition) is 6. The molecule has 11 nitrogen and oxygen atoms in total. The number of nitrogens with zero attached hydrogens (tertiary/aromatic N) is 6. The average Bonchev–Trinajstić information content (AvgIpc) is 3.74. The highest BCUT2D eigenvalue weighted by Gasteiger charge is 2.39. The van der Waals surface area contributed by atoms with Gasteiger partial charge in [0.2, 0.25) is 5.91 Å². The number of benzene rings is 3. The number of para-hydroxylation sites is 1. The van der Waals surface area contributed by atoms with Crippen molar-refractivity contribution in [3.8, 4) is 0 Å². The maximum absolute atomic E-state index is 14.3. The molecule has 0 aliphatic carbocycles. The molecule has 0 unspecified atom stereocenters. The summed E-state index contributed by atoms with van der Waals surface area (Å²) in [6.07, 6.45) is 1.96. The molecular weight excluding hydrogens is 570 g/mol. The van der Waals surface area contributed by atoms with Crippen molar-refractivity contribution in [2.24, 2.45) is 0 Å². The molecule has 1 saturated heterocycles. The van der Waals surface area contributed by atoms with Crippen molar-refractivity contribution in [2.75, 3.05) is 31.2 Å². The Bertz CT molecular complexity index is 1710. The Labute approximate surface area is 260 Å². The summed E-state index contributed by atoms with van der Waals surface area (Å²) in [5.41, 5.74) is 3.01. The van der Waals surface area contributed by atoms with Gasteiger partial charge in [-0.15, -0.1) is 9.89 Å². The van der Waals surface area contributed by atoms with Gasteiger partial charge in [-0.2, -0.15) is 0 Å². The number of carboxylic acids is 1. The van der Waals surface area contributed by atoms with E-state index in [2.05, 4.69) is 44.5 Å². The van der Waals surface area contributed by atoms with Gasteiger partial charge in [0.1, 0.15) is 11.7 Å². The topological polar surface area (TPSA) is 128 Å². The number of rotatable bonds is 10. The number of aromatic nitrogens is 4. The molecule has 0 radical (unpaired) electrons. The van der Waals surface area contributed by atoms with E-state index >= 15 is 0 Å². The van der Waals surface area contributed by atoms with Gasteiger partial charge in [0.15, 0.2) is 5.69 Å². The monoisotopic (exact) mass is 605 g/mol. The molecule has 45 heavy (non-hydrogen) atoms. The summed E-state index contributed by atoms with van der Waals surface area (Å²) < 4.78 is 0. The molecule has 3 aromatic carbocycles. The van der Waals surface area contributed by atoms with Crippen molar-refractivity contribution in [3.05, 3.63) is 120 Å². The summed E-state index contributed by atoms with van der Waals surface area (Å²) in [5, 5.41) is 19.6.